The quantitative estimate of drug-likeness (QED) is 0.676. The molecule has 0 amide bonds. The zero-order chi connectivity index (χ0) is 16.1. The van der Waals surface area contributed by atoms with Gasteiger partial charge in [0.05, 0.1) is 10.7 Å². The molecular formula is C18H24N4S. The second-order valence-electron chi connectivity index (χ2n) is 5.60. The molecule has 1 aliphatic heterocycles. The molecule has 5 heteroatoms. The number of anilines is 1. The molecule has 0 radical (unpaired) electrons. The lowest BCUT2D eigenvalue weighted by Gasteiger charge is -2.22. The van der Waals surface area contributed by atoms with Crippen molar-refractivity contribution < 1.29 is 0 Å². The van der Waals surface area contributed by atoms with Crippen LogP contribution in [-0.2, 0) is 19.3 Å². The Morgan fingerprint density at radius 3 is 3.00 bits per heavy atom. The van der Waals surface area contributed by atoms with Crippen LogP contribution in [0.3, 0.4) is 0 Å². The fraction of sp³-hybridized carbons (Fsp3) is 0.444. The molecule has 1 aromatic heterocycles. The lowest BCUT2D eigenvalue weighted by Crippen LogP contribution is -2.40. The van der Waals surface area contributed by atoms with Gasteiger partial charge in [-0.05, 0) is 31.4 Å². The van der Waals surface area contributed by atoms with Crippen molar-refractivity contribution in [1.29, 1.82) is 0 Å². The third-order valence-corrected chi connectivity index (χ3v) is 5.05. The molecule has 2 aromatic rings. The van der Waals surface area contributed by atoms with Gasteiger partial charge in [-0.25, -0.2) is 4.98 Å². The summed E-state index contributed by atoms with van der Waals surface area (Å²) in [6.45, 7) is 6.92. The topological polar surface area (TPSA) is 40.5 Å². The summed E-state index contributed by atoms with van der Waals surface area (Å²) in [5.41, 5.74) is 3.85. The van der Waals surface area contributed by atoms with E-state index in [2.05, 4.69) is 58.7 Å². The fourth-order valence-corrected chi connectivity index (χ4v) is 3.63. The van der Waals surface area contributed by atoms with E-state index in [0.29, 0.717) is 0 Å². The average molecular weight is 328 g/mol. The number of aromatic nitrogens is 1. The third-order valence-electron chi connectivity index (χ3n) is 4.01. The first-order valence-electron chi connectivity index (χ1n) is 8.38. The number of aryl methyl sites for hydroxylation is 1. The summed E-state index contributed by atoms with van der Waals surface area (Å²) in [5.74, 6) is 0.989. The number of rotatable bonds is 5. The Morgan fingerprint density at radius 1 is 1.35 bits per heavy atom. The first kappa shape index (κ1) is 16.0. The van der Waals surface area contributed by atoms with Crippen LogP contribution in [0.15, 0.2) is 34.6 Å². The van der Waals surface area contributed by atoms with E-state index in [1.165, 1.54) is 16.3 Å². The summed E-state index contributed by atoms with van der Waals surface area (Å²) in [6, 6.07) is 8.60. The van der Waals surface area contributed by atoms with Crippen LogP contribution in [0, 0.1) is 0 Å². The van der Waals surface area contributed by atoms with E-state index in [-0.39, 0.29) is 0 Å². The molecule has 4 nitrogen and oxygen atoms in total. The van der Waals surface area contributed by atoms with Crippen LogP contribution in [0.2, 0.25) is 0 Å². The van der Waals surface area contributed by atoms with E-state index in [1.807, 2.05) is 0 Å². The molecule has 3 rings (SSSR count). The number of guanidine groups is 1. The molecule has 0 bridgehead atoms. The Labute approximate surface area is 142 Å². The van der Waals surface area contributed by atoms with E-state index < -0.39 is 0 Å². The maximum atomic E-state index is 4.82. The van der Waals surface area contributed by atoms with Crippen molar-refractivity contribution in [2.75, 3.05) is 24.5 Å². The number of benzene rings is 1. The van der Waals surface area contributed by atoms with Gasteiger partial charge >= 0.3 is 0 Å². The number of hydrogen-bond acceptors (Lipinski definition) is 3. The van der Waals surface area contributed by atoms with Gasteiger partial charge in [0.2, 0.25) is 0 Å². The van der Waals surface area contributed by atoms with Crippen LogP contribution in [0.25, 0.3) is 0 Å². The summed E-state index contributed by atoms with van der Waals surface area (Å²) in [4.78, 5) is 11.7. The minimum Gasteiger partial charge on any atom is -0.356 e. The smallest absolute Gasteiger partial charge is 0.198 e. The highest BCUT2D eigenvalue weighted by atomic mass is 32.1. The van der Waals surface area contributed by atoms with Crippen LogP contribution in [0.5, 0.6) is 0 Å². The largest absolute Gasteiger partial charge is 0.356 e. The number of aliphatic imine (C=N–C) groups is 1. The van der Waals surface area contributed by atoms with Crippen molar-refractivity contribution in [1.82, 2.24) is 10.3 Å². The standard InChI is InChI=1S/C18H24N4S/c1-3-17-21-15(13-23-17)9-11-20-18(19-4-2)22-12-10-14-7-5-6-8-16(14)22/h5-8,13H,3-4,9-12H2,1-2H3,(H,19,20). The number of thiazole rings is 1. The van der Waals surface area contributed by atoms with Crippen LogP contribution in [-0.4, -0.2) is 30.6 Å². The van der Waals surface area contributed by atoms with Gasteiger partial charge in [0.1, 0.15) is 0 Å². The normalized spacial score (nSPS) is 14.2. The van der Waals surface area contributed by atoms with Gasteiger partial charge in [0.25, 0.3) is 0 Å². The summed E-state index contributed by atoms with van der Waals surface area (Å²) >= 11 is 1.75. The molecule has 122 valence electrons. The van der Waals surface area contributed by atoms with E-state index in [0.717, 1.165) is 50.6 Å². The summed E-state index contributed by atoms with van der Waals surface area (Å²) in [5, 5.41) is 6.80. The molecule has 0 fully saturated rings. The zero-order valence-corrected chi connectivity index (χ0v) is 14.7. The number of nitrogens with one attached hydrogen (secondary N) is 1. The van der Waals surface area contributed by atoms with E-state index in [9.17, 15) is 0 Å². The zero-order valence-electron chi connectivity index (χ0n) is 13.9. The van der Waals surface area contributed by atoms with Crippen LogP contribution < -0.4 is 10.2 Å². The fourth-order valence-electron chi connectivity index (χ4n) is 2.86. The maximum absolute atomic E-state index is 4.82. The Bertz CT molecular complexity index is 677. The molecule has 0 saturated heterocycles. The van der Waals surface area contributed by atoms with E-state index >= 15 is 0 Å². The minimum atomic E-state index is 0.772. The molecule has 0 saturated carbocycles. The predicted molar refractivity (Wildman–Crippen MR) is 98.7 cm³/mol. The number of fused-ring (bicyclic) bond motifs is 1. The molecule has 0 unspecified atom stereocenters. The molecule has 0 atom stereocenters. The Kier molecular flexibility index (Phi) is 5.28. The molecule has 1 aliphatic rings. The molecule has 1 aromatic carbocycles. The summed E-state index contributed by atoms with van der Waals surface area (Å²) in [6.07, 6.45) is 3.01. The molecule has 0 spiro atoms. The number of nitrogens with zero attached hydrogens (tertiary/aromatic N) is 3. The second-order valence-corrected chi connectivity index (χ2v) is 6.54. The molecule has 2 heterocycles. The first-order chi connectivity index (χ1) is 11.3. The van der Waals surface area contributed by atoms with Gasteiger partial charge in [-0.15, -0.1) is 11.3 Å². The number of para-hydroxylation sites is 1. The number of hydrogen-bond donors (Lipinski definition) is 1. The summed E-state index contributed by atoms with van der Waals surface area (Å²) < 4.78 is 0. The monoisotopic (exact) mass is 328 g/mol. The van der Waals surface area contributed by atoms with E-state index in [1.54, 1.807) is 11.3 Å². The van der Waals surface area contributed by atoms with Crippen LogP contribution >= 0.6 is 11.3 Å². The van der Waals surface area contributed by atoms with Gasteiger partial charge in [-0.3, -0.25) is 4.99 Å². The lowest BCUT2D eigenvalue weighted by atomic mass is 10.2. The van der Waals surface area contributed by atoms with Crippen LogP contribution in [0.4, 0.5) is 5.69 Å². The minimum absolute atomic E-state index is 0.772. The molecule has 23 heavy (non-hydrogen) atoms. The predicted octanol–water partition coefficient (Wildman–Crippen LogP) is 3.28. The van der Waals surface area contributed by atoms with Gasteiger partial charge < -0.3 is 10.2 Å². The van der Waals surface area contributed by atoms with Crippen LogP contribution in [0.1, 0.15) is 30.1 Å². The Hall–Kier alpha value is -1.88. The Balaban J connectivity index is 1.69. The van der Waals surface area contributed by atoms with Crippen molar-refractivity contribution in [3.8, 4) is 0 Å². The second kappa shape index (κ2) is 7.59. The van der Waals surface area contributed by atoms with E-state index in [4.69, 9.17) is 4.99 Å². The molecular weight excluding hydrogens is 304 g/mol. The van der Waals surface area contributed by atoms with Crippen molar-refractivity contribution in [3.05, 3.63) is 45.9 Å². The van der Waals surface area contributed by atoms with Gasteiger partial charge in [0, 0.05) is 37.1 Å². The molecule has 1 N–H and O–H groups in total. The lowest BCUT2D eigenvalue weighted by molar-refractivity contribution is 0.861. The van der Waals surface area contributed by atoms with Crippen molar-refractivity contribution in [2.24, 2.45) is 4.99 Å². The summed E-state index contributed by atoms with van der Waals surface area (Å²) in [7, 11) is 0. The Morgan fingerprint density at radius 2 is 2.22 bits per heavy atom. The highest BCUT2D eigenvalue weighted by molar-refractivity contribution is 7.09. The first-order valence-corrected chi connectivity index (χ1v) is 9.26. The van der Waals surface area contributed by atoms with Crippen molar-refractivity contribution in [3.63, 3.8) is 0 Å². The highest BCUT2D eigenvalue weighted by Gasteiger charge is 2.22. The molecule has 0 aliphatic carbocycles. The van der Waals surface area contributed by atoms with Gasteiger partial charge in [-0.2, -0.15) is 0 Å². The maximum Gasteiger partial charge on any atom is 0.198 e. The third kappa shape index (κ3) is 3.72. The average Bonchev–Trinajstić information content (AvgIpc) is 3.20. The van der Waals surface area contributed by atoms with Gasteiger partial charge in [-0.1, -0.05) is 25.1 Å². The van der Waals surface area contributed by atoms with Gasteiger partial charge in [0.15, 0.2) is 5.96 Å². The van der Waals surface area contributed by atoms with Crippen molar-refractivity contribution in [2.45, 2.75) is 33.1 Å². The highest BCUT2D eigenvalue weighted by Crippen LogP contribution is 2.27. The SMILES string of the molecule is CCNC(=NCCc1csc(CC)n1)N1CCc2ccccc21. The van der Waals surface area contributed by atoms with Crippen molar-refractivity contribution >= 4 is 23.0 Å².